The van der Waals surface area contributed by atoms with Crippen LogP contribution in [-0.2, 0) is 0 Å². The molecule has 0 aliphatic carbocycles. The van der Waals surface area contributed by atoms with Crippen molar-refractivity contribution < 1.29 is 19.5 Å². The lowest BCUT2D eigenvalue weighted by Gasteiger charge is -2.14. The average Bonchev–Trinajstić information content (AvgIpc) is 3.41. The fourth-order valence-corrected chi connectivity index (χ4v) is 4.97. The molecule has 1 aromatic heterocycles. The summed E-state index contributed by atoms with van der Waals surface area (Å²) in [5.41, 5.74) is 1.79. The zero-order valence-electron chi connectivity index (χ0n) is 29.1. The lowest BCUT2D eigenvalue weighted by molar-refractivity contribution is 0.669. The zero-order chi connectivity index (χ0) is 32.5. The monoisotopic (exact) mass is 455 g/mol. The van der Waals surface area contributed by atoms with Crippen molar-refractivity contribution in [3.63, 3.8) is 0 Å². The van der Waals surface area contributed by atoms with Crippen LogP contribution in [0.4, 0.5) is 0 Å². The summed E-state index contributed by atoms with van der Waals surface area (Å²) < 4.78 is 102. The molecule has 7 aromatic carbocycles. The Kier molecular flexibility index (Phi) is 2.22. The second-order valence-electron chi connectivity index (χ2n) is 8.51. The van der Waals surface area contributed by atoms with Crippen LogP contribution < -0.4 is 0 Å². The molecule has 0 atom stereocenters. The van der Waals surface area contributed by atoms with Crippen LogP contribution in [0.1, 0.15) is 15.1 Å². The number of furan rings is 1. The molecule has 8 aromatic rings. The molecule has 8 rings (SSSR count). The van der Waals surface area contributed by atoms with E-state index in [2.05, 4.69) is 0 Å². The number of hydrogen-bond acceptors (Lipinski definition) is 1. The van der Waals surface area contributed by atoms with Gasteiger partial charge in [0.15, 0.2) is 0 Å². The Balaban J connectivity index is 1.65. The van der Waals surface area contributed by atoms with Crippen molar-refractivity contribution in [2.75, 3.05) is 0 Å². The highest BCUT2D eigenvalue weighted by molar-refractivity contribution is 6.21. The molecule has 0 saturated heterocycles. The first-order valence-electron chi connectivity index (χ1n) is 16.6. The van der Waals surface area contributed by atoms with Gasteiger partial charge < -0.3 is 4.42 Å². The van der Waals surface area contributed by atoms with Gasteiger partial charge in [0.25, 0.3) is 0 Å². The molecule has 1 heteroatoms. The SMILES string of the molecule is [2H]c1c([2H])c([2H])c2c([2H])c3c(c([2H])c([2H])c4c([2H])c([2H])c([2H])c([2H])c43)c(-c3ccc4oc5cc6ccccc6cc5c4c3)c2c1[2H]. The fourth-order valence-electron chi connectivity index (χ4n) is 4.97. The summed E-state index contributed by atoms with van der Waals surface area (Å²) in [4.78, 5) is 0. The van der Waals surface area contributed by atoms with Crippen molar-refractivity contribution in [3.05, 3.63) is 121 Å². The Bertz CT molecular complexity index is 2710. The number of fused-ring (bicyclic) bond motifs is 8. The van der Waals surface area contributed by atoms with Crippen LogP contribution in [0.3, 0.4) is 0 Å². The Morgan fingerprint density at radius 2 is 1.23 bits per heavy atom. The highest BCUT2D eigenvalue weighted by atomic mass is 16.3. The third-order valence-electron chi connectivity index (χ3n) is 6.56. The highest BCUT2D eigenvalue weighted by Gasteiger charge is 2.15. The van der Waals surface area contributed by atoms with E-state index in [1.165, 1.54) is 0 Å². The summed E-state index contributed by atoms with van der Waals surface area (Å²) in [5.74, 6) is 0. The van der Waals surface area contributed by atoms with Crippen LogP contribution in [-0.4, -0.2) is 0 Å². The van der Waals surface area contributed by atoms with Gasteiger partial charge in [-0.15, -0.1) is 0 Å². The Labute approximate surface area is 217 Å². The molecule has 0 bridgehead atoms. The lowest BCUT2D eigenvalue weighted by Crippen LogP contribution is -1.87. The van der Waals surface area contributed by atoms with Crippen molar-refractivity contribution in [2.45, 2.75) is 0 Å². The van der Waals surface area contributed by atoms with E-state index in [1.54, 1.807) is 18.2 Å². The van der Waals surface area contributed by atoms with Crippen molar-refractivity contribution >= 4 is 65.0 Å². The third-order valence-corrected chi connectivity index (χ3v) is 6.56. The summed E-state index contributed by atoms with van der Waals surface area (Å²) in [6.07, 6.45) is 0. The molecule has 0 saturated carbocycles. The van der Waals surface area contributed by atoms with E-state index in [0.717, 1.165) is 16.2 Å². The lowest BCUT2D eigenvalue weighted by atomic mass is 9.89. The second kappa shape index (κ2) is 6.94. The molecule has 35 heavy (non-hydrogen) atoms. The molecule has 0 radical (unpaired) electrons. The van der Waals surface area contributed by atoms with E-state index in [9.17, 15) is 1.37 Å². The largest absolute Gasteiger partial charge is 0.456 e. The maximum atomic E-state index is 9.27. The summed E-state index contributed by atoms with van der Waals surface area (Å²) in [5, 5.41) is 2.84. The van der Waals surface area contributed by atoms with Gasteiger partial charge in [0, 0.05) is 10.8 Å². The molecule has 0 amide bonds. The first-order chi connectivity index (χ1) is 21.9. The molecule has 0 unspecified atom stereocenters. The minimum absolute atomic E-state index is 0.0114. The number of benzene rings is 7. The smallest absolute Gasteiger partial charge is 0.136 e. The van der Waals surface area contributed by atoms with E-state index >= 15 is 0 Å². The first kappa shape index (κ1) is 11.2. The summed E-state index contributed by atoms with van der Waals surface area (Å²) >= 11 is 0. The maximum absolute atomic E-state index is 9.27. The van der Waals surface area contributed by atoms with Crippen molar-refractivity contribution in [1.29, 1.82) is 0 Å². The normalized spacial score (nSPS) is 16.4. The van der Waals surface area contributed by atoms with Crippen molar-refractivity contribution in [1.82, 2.24) is 0 Å². The summed E-state index contributed by atoms with van der Waals surface area (Å²) in [7, 11) is 0. The second-order valence-corrected chi connectivity index (χ2v) is 8.51. The van der Waals surface area contributed by atoms with Crippen molar-refractivity contribution in [3.8, 4) is 11.1 Å². The predicted octanol–water partition coefficient (Wildman–Crippen LogP) is 9.87. The van der Waals surface area contributed by atoms with E-state index < -0.39 is 66.5 Å². The van der Waals surface area contributed by atoms with Gasteiger partial charge in [-0.05, 0) is 84.5 Å². The molecule has 0 aliphatic heterocycles. The highest BCUT2D eigenvalue weighted by Crippen LogP contribution is 2.41. The Morgan fingerprint density at radius 1 is 0.486 bits per heavy atom. The van der Waals surface area contributed by atoms with Crippen LogP contribution in [0.5, 0.6) is 0 Å². The predicted molar refractivity (Wildman–Crippen MR) is 149 cm³/mol. The molecule has 0 spiro atoms. The van der Waals surface area contributed by atoms with E-state index in [1.807, 2.05) is 36.4 Å². The molecule has 1 nitrogen and oxygen atoms in total. The minimum Gasteiger partial charge on any atom is -0.456 e. The van der Waals surface area contributed by atoms with Gasteiger partial charge in [-0.3, -0.25) is 0 Å². The van der Waals surface area contributed by atoms with Gasteiger partial charge >= 0.3 is 0 Å². The van der Waals surface area contributed by atoms with Gasteiger partial charge in [0.2, 0.25) is 0 Å². The molecule has 0 fully saturated rings. The van der Waals surface area contributed by atoms with Gasteiger partial charge in [-0.2, -0.15) is 0 Å². The molecule has 0 aliphatic rings. The van der Waals surface area contributed by atoms with Gasteiger partial charge in [0.05, 0.1) is 15.1 Å². The Hall–Kier alpha value is -4.62. The molecular weight excluding hydrogens is 424 g/mol. The third kappa shape index (κ3) is 2.70. The zero-order valence-corrected chi connectivity index (χ0v) is 18.1. The van der Waals surface area contributed by atoms with E-state index in [4.69, 9.17) is 18.1 Å². The standard InChI is InChI=1S/C34H20O/c1-2-9-23-20-33-31(17-22(23)8-1)30-19-25(14-16-32(30)35-33)34-27-12-6-4-10-24(27)18-29-26-11-5-3-7-21(26)13-15-28(29)34/h1-20H/i3D,4D,5D,6D,7D,10D,11D,12D,13D,15D,18D. The number of rotatable bonds is 1. The quantitative estimate of drug-likeness (QED) is 0.177. The topological polar surface area (TPSA) is 13.1 Å². The minimum atomic E-state index is -0.580. The van der Waals surface area contributed by atoms with Crippen LogP contribution in [0.25, 0.3) is 76.2 Å². The van der Waals surface area contributed by atoms with Crippen LogP contribution in [0.2, 0.25) is 0 Å². The van der Waals surface area contributed by atoms with Gasteiger partial charge in [-0.1, -0.05) is 90.8 Å². The van der Waals surface area contributed by atoms with Crippen LogP contribution >= 0.6 is 0 Å². The van der Waals surface area contributed by atoms with E-state index in [0.29, 0.717) is 22.1 Å². The molecule has 162 valence electrons. The maximum Gasteiger partial charge on any atom is 0.136 e. The summed E-state index contributed by atoms with van der Waals surface area (Å²) in [6.45, 7) is 0. The van der Waals surface area contributed by atoms with Gasteiger partial charge in [-0.25, -0.2) is 0 Å². The first-order valence-corrected chi connectivity index (χ1v) is 11.1. The Morgan fingerprint density at radius 3 is 2.11 bits per heavy atom. The van der Waals surface area contributed by atoms with Gasteiger partial charge in [0.1, 0.15) is 11.2 Å². The summed E-state index contributed by atoms with van der Waals surface area (Å²) in [6, 6.07) is 11.5. The molecule has 0 N–H and O–H groups in total. The fraction of sp³-hybridized carbons (Fsp3) is 0. The molecular formula is C34H20O. The average molecular weight is 456 g/mol. The van der Waals surface area contributed by atoms with Crippen LogP contribution in [0, 0.1) is 0 Å². The molecule has 1 heterocycles. The van der Waals surface area contributed by atoms with Crippen LogP contribution in [0.15, 0.2) is 125 Å². The number of hydrogen-bond donors (Lipinski definition) is 0. The van der Waals surface area contributed by atoms with E-state index in [-0.39, 0.29) is 37.9 Å². The van der Waals surface area contributed by atoms with Crippen molar-refractivity contribution in [2.24, 2.45) is 0 Å².